The predicted octanol–water partition coefficient (Wildman–Crippen LogP) is 1.09. The minimum absolute atomic E-state index is 0.0599. The molecular weight excluding hydrogens is 424 g/mol. The number of hydrogen-bond acceptors (Lipinski definition) is 7. The van der Waals surface area contributed by atoms with Gasteiger partial charge in [0.25, 0.3) is 0 Å². The molecule has 0 radical (unpaired) electrons. The molecule has 0 aliphatic heterocycles. The van der Waals surface area contributed by atoms with E-state index in [4.69, 9.17) is 23.7 Å². The Morgan fingerprint density at radius 2 is 1.15 bits per heavy atom. The summed E-state index contributed by atoms with van der Waals surface area (Å²) in [5, 5.41) is 5.59. The first kappa shape index (κ1) is 26.1. The zero-order chi connectivity index (χ0) is 20.4. The van der Waals surface area contributed by atoms with Crippen molar-refractivity contribution >= 4 is 27.9 Å². The molecule has 27 heavy (non-hydrogen) atoms. The fraction of sp³-hybridized carbons (Fsp3) is 0.882. The molecule has 0 atom stereocenters. The van der Waals surface area contributed by atoms with Crippen molar-refractivity contribution in [1.82, 2.24) is 10.6 Å². The van der Waals surface area contributed by atoms with Crippen LogP contribution < -0.4 is 10.6 Å². The van der Waals surface area contributed by atoms with Crippen molar-refractivity contribution in [2.45, 2.75) is 26.4 Å². The molecule has 0 aliphatic carbocycles. The van der Waals surface area contributed by atoms with Gasteiger partial charge >= 0.3 is 6.09 Å². The van der Waals surface area contributed by atoms with Gasteiger partial charge in [0.05, 0.1) is 58.2 Å². The van der Waals surface area contributed by atoms with Gasteiger partial charge in [0, 0.05) is 13.1 Å². The van der Waals surface area contributed by atoms with Crippen LogP contribution in [0.15, 0.2) is 0 Å². The molecule has 2 amide bonds. The van der Waals surface area contributed by atoms with Crippen molar-refractivity contribution in [3.63, 3.8) is 0 Å². The third kappa shape index (κ3) is 21.2. The van der Waals surface area contributed by atoms with Crippen LogP contribution in [0.25, 0.3) is 0 Å². The van der Waals surface area contributed by atoms with Crippen molar-refractivity contribution in [3.05, 3.63) is 0 Å². The molecule has 0 aromatic carbocycles. The predicted molar refractivity (Wildman–Crippen MR) is 104 cm³/mol. The normalized spacial score (nSPS) is 11.3. The molecule has 160 valence electrons. The van der Waals surface area contributed by atoms with E-state index in [2.05, 4.69) is 26.6 Å². The lowest BCUT2D eigenvalue weighted by Crippen LogP contribution is -2.34. The molecule has 0 rings (SSSR count). The fourth-order valence-electron chi connectivity index (χ4n) is 1.61. The van der Waals surface area contributed by atoms with Gasteiger partial charge in [-0.2, -0.15) is 0 Å². The minimum atomic E-state index is -0.502. The van der Waals surface area contributed by atoms with E-state index in [0.717, 1.165) is 0 Å². The average molecular weight is 457 g/mol. The van der Waals surface area contributed by atoms with Crippen molar-refractivity contribution in [3.8, 4) is 0 Å². The second-order valence-corrected chi connectivity index (χ2v) is 6.92. The van der Waals surface area contributed by atoms with Gasteiger partial charge in [-0.15, -0.1) is 0 Å². The van der Waals surface area contributed by atoms with E-state index in [-0.39, 0.29) is 5.91 Å². The van der Waals surface area contributed by atoms with Crippen molar-refractivity contribution in [2.24, 2.45) is 0 Å². The average Bonchev–Trinajstić information content (AvgIpc) is 2.59. The van der Waals surface area contributed by atoms with E-state index in [9.17, 15) is 9.59 Å². The molecule has 0 aromatic heterocycles. The summed E-state index contributed by atoms with van der Waals surface area (Å²) in [5.74, 6) is -0.0599. The first-order valence-electron chi connectivity index (χ1n) is 8.95. The highest BCUT2D eigenvalue weighted by Crippen LogP contribution is 2.05. The third-order valence-corrected chi connectivity index (χ3v) is 3.23. The van der Waals surface area contributed by atoms with Crippen molar-refractivity contribution in [2.75, 3.05) is 71.3 Å². The van der Waals surface area contributed by atoms with Gasteiger partial charge in [-0.3, -0.25) is 4.79 Å². The van der Waals surface area contributed by atoms with E-state index in [1.165, 1.54) is 0 Å². The van der Waals surface area contributed by atoms with Crippen LogP contribution in [-0.4, -0.2) is 88.9 Å². The van der Waals surface area contributed by atoms with Crippen LogP contribution in [0.5, 0.6) is 0 Å². The van der Waals surface area contributed by atoms with Gasteiger partial charge in [-0.1, -0.05) is 15.9 Å². The van der Waals surface area contributed by atoms with E-state index in [0.29, 0.717) is 71.3 Å². The number of halogens is 1. The number of carbonyl (C=O) groups is 2. The lowest BCUT2D eigenvalue weighted by Gasteiger charge is -2.19. The summed E-state index contributed by atoms with van der Waals surface area (Å²) in [6, 6.07) is 0. The number of amides is 2. The molecule has 9 nitrogen and oxygen atoms in total. The van der Waals surface area contributed by atoms with Gasteiger partial charge in [-0.25, -0.2) is 4.79 Å². The Morgan fingerprint density at radius 3 is 1.56 bits per heavy atom. The first-order valence-corrected chi connectivity index (χ1v) is 10.1. The summed E-state index contributed by atoms with van der Waals surface area (Å²) in [6.45, 7) is 9.95. The summed E-state index contributed by atoms with van der Waals surface area (Å²) in [5.41, 5.74) is -0.502. The van der Waals surface area contributed by atoms with Crippen molar-refractivity contribution < 1.29 is 33.3 Å². The molecule has 0 heterocycles. The molecule has 0 fully saturated rings. The number of alkyl halides is 1. The van der Waals surface area contributed by atoms with Gasteiger partial charge in [-0.05, 0) is 20.8 Å². The zero-order valence-corrected chi connectivity index (χ0v) is 18.1. The highest BCUT2D eigenvalue weighted by Gasteiger charge is 2.15. The Bertz CT molecular complexity index is 392. The highest BCUT2D eigenvalue weighted by molar-refractivity contribution is 9.09. The molecule has 0 bridgehead atoms. The molecule has 0 aromatic rings. The Balaban J connectivity index is 3.17. The quantitative estimate of drug-likeness (QED) is 0.264. The Labute approximate surface area is 169 Å². The first-order chi connectivity index (χ1) is 12.8. The lowest BCUT2D eigenvalue weighted by molar-refractivity contribution is -0.118. The van der Waals surface area contributed by atoms with Crippen LogP contribution in [0.4, 0.5) is 4.79 Å². The van der Waals surface area contributed by atoms with Gasteiger partial charge in [0.15, 0.2) is 0 Å². The molecule has 0 saturated carbocycles. The number of nitrogens with one attached hydrogen (secondary N) is 2. The molecular formula is C17H33BrN2O7. The Morgan fingerprint density at radius 1 is 0.741 bits per heavy atom. The summed E-state index contributed by atoms with van der Waals surface area (Å²) in [4.78, 5) is 22.3. The van der Waals surface area contributed by atoms with Crippen LogP contribution in [-0.2, 0) is 28.5 Å². The second-order valence-electron chi connectivity index (χ2n) is 6.36. The van der Waals surface area contributed by atoms with Crippen LogP contribution >= 0.6 is 15.9 Å². The highest BCUT2D eigenvalue weighted by atomic mass is 79.9. The topological polar surface area (TPSA) is 104 Å². The van der Waals surface area contributed by atoms with Crippen LogP contribution in [0.3, 0.4) is 0 Å². The SMILES string of the molecule is CC(C)(C)OC(=O)NCCOCCOCCOCCOCCNC(=O)CBr. The van der Waals surface area contributed by atoms with Crippen LogP contribution in [0.2, 0.25) is 0 Å². The van der Waals surface area contributed by atoms with Crippen LogP contribution in [0.1, 0.15) is 20.8 Å². The maximum Gasteiger partial charge on any atom is 0.407 e. The smallest absolute Gasteiger partial charge is 0.407 e. The fourth-order valence-corrected chi connectivity index (χ4v) is 1.81. The van der Waals surface area contributed by atoms with E-state index in [1.54, 1.807) is 0 Å². The number of rotatable bonds is 16. The largest absolute Gasteiger partial charge is 0.444 e. The van der Waals surface area contributed by atoms with E-state index < -0.39 is 11.7 Å². The zero-order valence-electron chi connectivity index (χ0n) is 16.5. The van der Waals surface area contributed by atoms with Gasteiger partial charge in [0.2, 0.25) is 5.91 Å². The number of hydrogen-bond donors (Lipinski definition) is 2. The Hall–Kier alpha value is -0.940. The summed E-state index contributed by atoms with van der Waals surface area (Å²) >= 11 is 3.06. The van der Waals surface area contributed by atoms with Gasteiger partial charge in [0.1, 0.15) is 5.60 Å². The Kier molecular flexibility index (Phi) is 16.6. The lowest BCUT2D eigenvalue weighted by atomic mass is 10.2. The minimum Gasteiger partial charge on any atom is -0.444 e. The standard InChI is InChI=1S/C17H33BrN2O7/c1-17(2,3)27-16(22)20-5-7-24-9-11-26-13-12-25-10-8-23-6-4-19-15(21)14-18/h4-14H2,1-3H3,(H,19,21)(H,20,22). The van der Waals surface area contributed by atoms with Crippen LogP contribution in [0, 0.1) is 0 Å². The number of carbonyl (C=O) groups excluding carboxylic acids is 2. The summed E-state index contributed by atoms with van der Waals surface area (Å²) in [7, 11) is 0. The molecule has 0 aliphatic rings. The molecule has 2 N–H and O–H groups in total. The maximum absolute atomic E-state index is 11.4. The maximum atomic E-state index is 11.4. The monoisotopic (exact) mass is 456 g/mol. The summed E-state index contributed by atoms with van der Waals surface area (Å²) in [6.07, 6.45) is -0.452. The number of alkyl carbamates (subject to hydrolysis) is 1. The van der Waals surface area contributed by atoms with E-state index in [1.807, 2.05) is 20.8 Å². The molecule has 0 saturated heterocycles. The molecule has 0 unspecified atom stereocenters. The third-order valence-electron chi connectivity index (χ3n) is 2.72. The summed E-state index contributed by atoms with van der Waals surface area (Å²) < 4.78 is 26.4. The molecule has 10 heteroatoms. The van der Waals surface area contributed by atoms with E-state index >= 15 is 0 Å². The number of ether oxygens (including phenoxy) is 5. The second kappa shape index (κ2) is 17.2. The van der Waals surface area contributed by atoms with Gasteiger partial charge < -0.3 is 34.3 Å². The van der Waals surface area contributed by atoms with Crippen molar-refractivity contribution in [1.29, 1.82) is 0 Å². The molecule has 0 spiro atoms.